The summed E-state index contributed by atoms with van der Waals surface area (Å²) in [6.07, 6.45) is 0. The van der Waals surface area contributed by atoms with E-state index in [0.29, 0.717) is 29.5 Å². The number of hydrogen-bond donors (Lipinski definition) is 1. The number of nitrogens with zero attached hydrogens (tertiary/aromatic N) is 1. The number of benzene rings is 3. The molecule has 1 N–H and O–H groups in total. The minimum Gasteiger partial charge on any atom is -0.497 e. The number of ether oxygens (including phenoxy) is 2. The van der Waals surface area contributed by atoms with E-state index in [-0.39, 0.29) is 4.90 Å². The molecule has 0 atom stereocenters. The van der Waals surface area contributed by atoms with E-state index in [1.807, 2.05) is 6.92 Å². The van der Waals surface area contributed by atoms with Gasteiger partial charge >= 0.3 is 0 Å². The number of anilines is 2. The molecular weight excluding hydrogens is 416 g/mol. The third-order valence-corrected chi connectivity index (χ3v) is 6.22. The van der Waals surface area contributed by atoms with E-state index in [1.54, 1.807) is 73.8 Å². The Morgan fingerprint density at radius 2 is 1.52 bits per heavy atom. The lowest BCUT2D eigenvalue weighted by atomic mass is 10.3. The van der Waals surface area contributed by atoms with Crippen molar-refractivity contribution in [3.63, 3.8) is 0 Å². The van der Waals surface area contributed by atoms with Gasteiger partial charge in [0, 0.05) is 5.69 Å². The molecule has 3 aromatic carbocycles. The standard InChI is InChI=1S/C23H24N2O5S/c1-3-30-21-15-11-19(12-16-21)25(31(27,28)22-7-5-4-6-8-22)17-23(26)24-18-9-13-20(29-2)14-10-18/h4-16H,3,17H2,1-2H3,(H,24,26). The molecule has 0 aliphatic rings. The number of sulfonamides is 1. The van der Waals surface area contributed by atoms with Crippen LogP contribution in [0.3, 0.4) is 0 Å². The normalized spacial score (nSPS) is 10.9. The summed E-state index contributed by atoms with van der Waals surface area (Å²) in [4.78, 5) is 12.8. The Kier molecular flexibility index (Phi) is 7.15. The van der Waals surface area contributed by atoms with Crippen molar-refractivity contribution in [2.24, 2.45) is 0 Å². The van der Waals surface area contributed by atoms with Crippen LogP contribution in [-0.4, -0.2) is 34.6 Å². The van der Waals surface area contributed by atoms with Gasteiger partial charge in [0.05, 0.1) is 24.3 Å². The zero-order valence-electron chi connectivity index (χ0n) is 17.3. The van der Waals surface area contributed by atoms with Crippen LogP contribution < -0.4 is 19.1 Å². The first-order valence-corrected chi connectivity index (χ1v) is 11.1. The molecule has 0 aliphatic heterocycles. The van der Waals surface area contributed by atoms with E-state index in [0.717, 1.165) is 4.31 Å². The lowest BCUT2D eigenvalue weighted by molar-refractivity contribution is -0.114. The number of hydrogen-bond acceptors (Lipinski definition) is 5. The summed E-state index contributed by atoms with van der Waals surface area (Å²) in [6, 6.07) is 21.4. The highest BCUT2D eigenvalue weighted by atomic mass is 32.2. The molecule has 0 saturated heterocycles. The van der Waals surface area contributed by atoms with Crippen LogP contribution >= 0.6 is 0 Å². The van der Waals surface area contributed by atoms with Crippen LogP contribution in [-0.2, 0) is 14.8 Å². The van der Waals surface area contributed by atoms with Crippen LogP contribution in [0.4, 0.5) is 11.4 Å². The molecule has 0 aliphatic carbocycles. The highest BCUT2D eigenvalue weighted by Crippen LogP contribution is 2.26. The van der Waals surface area contributed by atoms with Gasteiger partial charge in [0.1, 0.15) is 18.0 Å². The quantitative estimate of drug-likeness (QED) is 0.545. The van der Waals surface area contributed by atoms with Crippen molar-refractivity contribution < 1.29 is 22.7 Å². The third-order valence-electron chi connectivity index (χ3n) is 4.43. The lowest BCUT2D eigenvalue weighted by Crippen LogP contribution is -2.38. The third kappa shape index (κ3) is 5.55. The Labute approximate surface area is 182 Å². The fourth-order valence-electron chi connectivity index (χ4n) is 2.92. The molecule has 3 aromatic rings. The Balaban J connectivity index is 1.88. The van der Waals surface area contributed by atoms with E-state index in [4.69, 9.17) is 9.47 Å². The van der Waals surface area contributed by atoms with E-state index in [9.17, 15) is 13.2 Å². The summed E-state index contributed by atoms with van der Waals surface area (Å²) in [6.45, 7) is 1.97. The molecule has 7 nitrogen and oxygen atoms in total. The molecule has 0 saturated carbocycles. The number of carbonyl (C=O) groups is 1. The van der Waals surface area contributed by atoms with Crippen LogP contribution in [0.1, 0.15) is 6.92 Å². The molecular formula is C23H24N2O5S. The van der Waals surface area contributed by atoms with Gasteiger partial charge in [-0.15, -0.1) is 0 Å². The van der Waals surface area contributed by atoms with Gasteiger partial charge in [-0.3, -0.25) is 9.10 Å². The molecule has 31 heavy (non-hydrogen) atoms. The van der Waals surface area contributed by atoms with Gasteiger partial charge in [-0.2, -0.15) is 0 Å². The second kappa shape index (κ2) is 9.99. The number of amides is 1. The summed E-state index contributed by atoms with van der Waals surface area (Å²) in [5, 5.41) is 2.72. The second-order valence-corrected chi connectivity index (χ2v) is 8.39. The molecule has 0 spiro atoms. The molecule has 0 radical (unpaired) electrons. The zero-order valence-corrected chi connectivity index (χ0v) is 18.1. The molecule has 3 rings (SSSR count). The first-order chi connectivity index (χ1) is 14.9. The molecule has 162 valence electrons. The van der Waals surface area contributed by atoms with Gasteiger partial charge in [0.25, 0.3) is 10.0 Å². The van der Waals surface area contributed by atoms with Crippen LogP contribution in [0.5, 0.6) is 11.5 Å². The zero-order chi connectivity index (χ0) is 22.3. The Morgan fingerprint density at radius 1 is 0.903 bits per heavy atom. The minimum absolute atomic E-state index is 0.0983. The average molecular weight is 441 g/mol. The van der Waals surface area contributed by atoms with Crippen LogP contribution in [0.25, 0.3) is 0 Å². The first kappa shape index (κ1) is 22.2. The monoisotopic (exact) mass is 440 g/mol. The van der Waals surface area contributed by atoms with Crippen molar-refractivity contribution >= 4 is 27.3 Å². The first-order valence-electron chi connectivity index (χ1n) is 9.68. The molecule has 0 aromatic heterocycles. The van der Waals surface area contributed by atoms with Crippen molar-refractivity contribution in [2.45, 2.75) is 11.8 Å². The average Bonchev–Trinajstić information content (AvgIpc) is 2.79. The summed E-state index contributed by atoms with van der Waals surface area (Å²) >= 11 is 0. The second-order valence-electron chi connectivity index (χ2n) is 6.53. The van der Waals surface area contributed by atoms with Crippen LogP contribution in [0, 0.1) is 0 Å². The van der Waals surface area contributed by atoms with Crippen molar-refractivity contribution in [1.82, 2.24) is 0 Å². The van der Waals surface area contributed by atoms with Crippen LogP contribution in [0.2, 0.25) is 0 Å². The van der Waals surface area contributed by atoms with Crippen LogP contribution in [0.15, 0.2) is 83.8 Å². The molecule has 0 bridgehead atoms. The summed E-state index contributed by atoms with van der Waals surface area (Å²) in [5.74, 6) is 0.796. The predicted octanol–water partition coefficient (Wildman–Crippen LogP) is 3.93. The predicted molar refractivity (Wildman–Crippen MR) is 120 cm³/mol. The van der Waals surface area contributed by atoms with Gasteiger partial charge in [-0.25, -0.2) is 8.42 Å². The molecule has 8 heteroatoms. The fraction of sp³-hybridized carbons (Fsp3) is 0.174. The summed E-state index contributed by atoms with van der Waals surface area (Å²) in [5.41, 5.74) is 0.895. The fourth-order valence-corrected chi connectivity index (χ4v) is 4.36. The maximum absolute atomic E-state index is 13.3. The topological polar surface area (TPSA) is 84.9 Å². The number of carbonyl (C=O) groups excluding carboxylic acids is 1. The SMILES string of the molecule is CCOc1ccc(N(CC(=O)Nc2ccc(OC)cc2)S(=O)(=O)c2ccccc2)cc1. The smallest absolute Gasteiger partial charge is 0.264 e. The highest BCUT2D eigenvalue weighted by molar-refractivity contribution is 7.92. The Morgan fingerprint density at radius 3 is 2.10 bits per heavy atom. The number of methoxy groups -OCH3 is 1. The molecule has 0 unspecified atom stereocenters. The van der Waals surface area contributed by atoms with E-state index in [2.05, 4.69) is 5.32 Å². The van der Waals surface area contributed by atoms with Gasteiger partial charge in [0.15, 0.2) is 0 Å². The van der Waals surface area contributed by atoms with Gasteiger partial charge in [0.2, 0.25) is 5.91 Å². The molecule has 1 amide bonds. The van der Waals surface area contributed by atoms with E-state index >= 15 is 0 Å². The van der Waals surface area contributed by atoms with Gasteiger partial charge in [-0.1, -0.05) is 18.2 Å². The number of rotatable bonds is 9. The molecule has 0 fully saturated rings. The number of nitrogens with one attached hydrogen (secondary N) is 1. The van der Waals surface area contributed by atoms with E-state index < -0.39 is 22.5 Å². The Bertz CT molecular complexity index is 1100. The molecule has 0 heterocycles. The van der Waals surface area contributed by atoms with Crippen molar-refractivity contribution in [1.29, 1.82) is 0 Å². The minimum atomic E-state index is -3.97. The van der Waals surface area contributed by atoms with Crippen molar-refractivity contribution in [3.8, 4) is 11.5 Å². The van der Waals surface area contributed by atoms with E-state index in [1.165, 1.54) is 12.1 Å². The lowest BCUT2D eigenvalue weighted by Gasteiger charge is -2.24. The maximum Gasteiger partial charge on any atom is 0.264 e. The van der Waals surface area contributed by atoms with Crippen molar-refractivity contribution in [2.75, 3.05) is 29.9 Å². The van der Waals surface area contributed by atoms with Crippen molar-refractivity contribution in [3.05, 3.63) is 78.9 Å². The largest absolute Gasteiger partial charge is 0.497 e. The highest BCUT2D eigenvalue weighted by Gasteiger charge is 2.27. The maximum atomic E-state index is 13.3. The summed E-state index contributed by atoms with van der Waals surface area (Å²) in [7, 11) is -2.41. The summed E-state index contributed by atoms with van der Waals surface area (Å²) < 4.78 is 38.2. The Hall–Kier alpha value is -3.52. The van der Waals surface area contributed by atoms with Gasteiger partial charge in [-0.05, 0) is 67.6 Å². The van der Waals surface area contributed by atoms with Gasteiger partial charge < -0.3 is 14.8 Å².